The summed E-state index contributed by atoms with van der Waals surface area (Å²) in [5.74, 6) is -5.09. The molecule has 0 unspecified atom stereocenters. The zero-order chi connectivity index (χ0) is 19.2. The van der Waals surface area contributed by atoms with Crippen LogP contribution in [0.3, 0.4) is 0 Å². The quantitative estimate of drug-likeness (QED) is 0.736. The highest BCUT2D eigenvalue weighted by molar-refractivity contribution is 9.10. The van der Waals surface area contributed by atoms with Crippen LogP contribution in [0.4, 0.5) is 14.5 Å². The van der Waals surface area contributed by atoms with Crippen LogP contribution in [0.2, 0.25) is 5.15 Å². The number of carbonyl (C=O) groups excluding carboxylic acids is 2. The van der Waals surface area contributed by atoms with E-state index in [1.807, 2.05) is 0 Å². The molecule has 0 aliphatic carbocycles. The summed E-state index contributed by atoms with van der Waals surface area (Å²) < 4.78 is 29.2. The number of halogens is 4. The van der Waals surface area contributed by atoms with Gasteiger partial charge in [0.2, 0.25) is 11.8 Å². The summed E-state index contributed by atoms with van der Waals surface area (Å²) >= 11 is 9.34. The Labute approximate surface area is 161 Å². The molecule has 0 saturated carbocycles. The molecule has 2 amide bonds. The highest BCUT2D eigenvalue weighted by Gasteiger charge is 2.46. The van der Waals surface area contributed by atoms with Gasteiger partial charge in [-0.15, -0.1) is 0 Å². The average Bonchev–Trinajstić information content (AvgIpc) is 3.00. The van der Waals surface area contributed by atoms with E-state index >= 15 is 0 Å². The highest BCUT2D eigenvalue weighted by Crippen LogP contribution is 2.39. The van der Waals surface area contributed by atoms with E-state index in [2.05, 4.69) is 26.3 Å². The first-order valence-electron chi connectivity index (χ1n) is 7.60. The monoisotopic (exact) mass is 446 g/mol. The van der Waals surface area contributed by atoms with Gasteiger partial charge in [0.05, 0.1) is 15.9 Å². The van der Waals surface area contributed by atoms with Crippen molar-refractivity contribution in [2.24, 2.45) is 13.0 Å². The number of anilines is 1. The maximum atomic E-state index is 13.9. The fraction of sp³-hybridized carbons (Fsp3) is 0.312. The summed E-state index contributed by atoms with van der Waals surface area (Å²) in [5.41, 5.74) is 0.255. The Morgan fingerprint density at radius 1 is 1.38 bits per heavy atom. The fourth-order valence-corrected chi connectivity index (χ4v) is 3.97. The molecule has 1 fully saturated rings. The van der Waals surface area contributed by atoms with Crippen molar-refractivity contribution in [1.29, 1.82) is 0 Å². The lowest BCUT2D eigenvalue weighted by molar-refractivity contribution is -0.135. The molecule has 3 rings (SSSR count). The van der Waals surface area contributed by atoms with E-state index in [4.69, 9.17) is 11.6 Å². The number of likely N-dealkylation sites (tertiary alicyclic amines) is 1. The van der Waals surface area contributed by atoms with E-state index in [0.29, 0.717) is 10.2 Å². The van der Waals surface area contributed by atoms with Crippen LogP contribution < -0.4 is 5.32 Å². The van der Waals surface area contributed by atoms with Gasteiger partial charge in [-0.2, -0.15) is 5.10 Å². The molecule has 1 aromatic heterocycles. The third kappa shape index (κ3) is 3.09. The van der Waals surface area contributed by atoms with Gasteiger partial charge in [-0.3, -0.25) is 14.3 Å². The third-order valence-corrected chi connectivity index (χ3v) is 5.63. The van der Waals surface area contributed by atoms with Crippen molar-refractivity contribution >= 4 is 45.0 Å². The van der Waals surface area contributed by atoms with E-state index in [9.17, 15) is 18.4 Å². The number of nitrogens with zero attached hydrogens (tertiary/aromatic N) is 3. The van der Waals surface area contributed by atoms with Crippen LogP contribution in [0.5, 0.6) is 0 Å². The molecule has 2 atom stereocenters. The number of nitrogens with one attached hydrogen (secondary N) is 1. The van der Waals surface area contributed by atoms with Gasteiger partial charge in [-0.25, -0.2) is 8.78 Å². The van der Waals surface area contributed by atoms with Crippen LogP contribution in [-0.2, 0) is 16.6 Å². The van der Waals surface area contributed by atoms with Crippen LogP contribution >= 0.6 is 27.5 Å². The standard InChI is InChI=1S/C16H14BrClF2N4O2/c1-23-6-7(13-11(17)14(18)22-24(13)2)10(16(23)26)15(25)21-9-5-3-4-8(19)12(9)20/h3-5,7,10H,6H2,1-2H3,(H,21,25)/t7-,10-/m0/s1. The molecule has 10 heteroatoms. The van der Waals surface area contributed by atoms with Gasteiger partial charge in [0.1, 0.15) is 5.92 Å². The predicted molar refractivity (Wildman–Crippen MR) is 94.8 cm³/mol. The van der Waals surface area contributed by atoms with Gasteiger partial charge in [0.15, 0.2) is 16.8 Å². The van der Waals surface area contributed by atoms with Gasteiger partial charge in [-0.1, -0.05) is 17.7 Å². The Kier molecular flexibility index (Phi) is 5.03. The van der Waals surface area contributed by atoms with Crippen LogP contribution in [-0.4, -0.2) is 40.1 Å². The lowest BCUT2D eigenvalue weighted by atomic mass is 9.91. The summed E-state index contributed by atoms with van der Waals surface area (Å²) in [5, 5.41) is 6.59. The van der Waals surface area contributed by atoms with Gasteiger partial charge in [0, 0.05) is 26.6 Å². The summed E-state index contributed by atoms with van der Waals surface area (Å²) in [4.78, 5) is 26.6. The SMILES string of the molecule is CN1C[C@H](c2c(Br)c(Cl)nn2C)[C@@H](C(=O)Nc2cccc(F)c2F)C1=O. The molecule has 2 heterocycles. The third-order valence-electron chi connectivity index (χ3n) is 4.35. The molecule has 0 spiro atoms. The lowest BCUT2D eigenvalue weighted by Gasteiger charge is -2.17. The number of hydrogen-bond acceptors (Lipinski definition) is 3. The number of aryl methyl sites for hydroxylation is 1. The predicted octanol–water partition coefficient (Wildman–Crippen LogP) is 2.92. The zero-order valence-electron chi connectivity index (χ0n) is 13.8. The van der Waals surface area contributed by atoms with E-state index < -0.39 is 35.3 Å². The van der Waals surface area contributed by atoms with Crippen molar-refractivity contribution in [3.8, 4) is 0 Å². The molecule has 138 valence electrons. The molecule has 1 aliphatic rings. The molecule has 0 bridgehead atoms. The second kappa shape index (κ2) is 6.96. The number of rotatable bonds is 3. The number of benzene rings is 1. The molecule has 0 radical (unpaired) electrons. The molecule has 2 aromatic rings. The van der Waals surface area contributed by atoms with E-state index in [1.165, 1.54) is 21.7 Å². The van der Waals surface area contributed by atoms with Gasteiger partial charge in [-0.05, 0) is 28.1 Å². The Balaban J connectivity index is 1.96. The van der Waals surface area contributed by atoms with Crippen LogP contribution in [0.15, 0.2) is 22.7 Å². The second-order valence-electron chi connectivity index (χ2n) is 6.01. The Morgan fingerprint density at radius 3 is 2.69 bits per heavy atom. The zero-order valence-corrected chi connectivity index (χ0v) is 16.1. The molecular weight excluding hydrogens is 434 g/mol. The number of amides is 2. The Morgan fingerprint density at radius 2 is 2.08 bits per heavy atom. The topological polar surface area (TPSA) is 67.2 Å². The Bertz CT molecular complexity index is 905. The minimum Gasteiger partial charge on any atom is -0.344 e. The molecule has 1 aliphatic heterocycles. The van der Waals surface area contributed by atoms with Crippen molar-refractivity contribution in [3.63, 3.8) is 0 Å². The van der Waals surface area contributed by atoms with Crippen LogP contribution in [0.1, 0.15) is 11.6 Å². The van der Waals surface area contributed by atoms with Crippen molar-refractivity contribution in [2.75, 3.05) is 18.9 Å². The van der Waals surface area contributed by atoms with E-state index in [1.54, 1.807) is 14.1 Å². The number of hydrogen-bond donors (Lipinski definition) is 1. The first kappa shape index (κ1) is 18.8. The maximum Gasteiger partial charge on any atom is 0.237 e. The smallest absolute Gasteiger partial charge is 0.237 e. The van der Waals surface area contributed by atoms with Gasteiger partial charge in [0.25, 0.3) is 0 Å². The number of aromatic nitrogens is 2. The van der Waals surface area contributed by atoms with Crippen molar-refractivity contribution in [1.82, 2.24) is 14.7 Å². The summed E-state index contributed by atoms with van der Waals surface area (Å²) in [7, 11) is 3.22. The molecule has 1 N–H and O–H groups in total. The summed E-state index contributed by atoms with van der Waals surface area (Å²) in [6.07, 6.45) is 0. The maximum absolute atomic E-state index is 13.9. The summed E-state index contributed by atoms with van der Waals surface area (Å²) in [6, 6.07) is 3.44. The second-order valence-corrected chi connectivity index (χ2v) is 7.16. The minimum atomic E-state index is -1.18. The first-order valence-corrected chi connectivity index (χ1v) is 8.77. The van der Waals surface area contributed by atoms with Crippen molar-refractivity contribution in [2.45, 2.75) is 5.92 Å². The normalized spacial score (nSPS) is 19.9. The molecule has 1 aromatic carbocycles. The molecular formula is C16H14BrClF2N4O2. The average molecular weight is 448 g/mol. The van der Waals surface area contributed by atoms with Crippen LogP contribution in [0, 0.1) is 17.6 Å². The fourth-order valence-electron chi connectivity index (χ4n) is 3.13. The Hall–Kier alpha value is -2.00. The van der Waals surface area contributed by atoms with Crippen molar-refractivity contribution in [3.05, 3.63) is 45.2 Å². The van der Waals surface area contributed by atoms with Crippen LogP contribution in [0.25, 0.3) is 0 Å². The molecule has 26 heavy (non-hydrogen) atoms. The van der Waals surface area contributed by atoms with Gasteiger partial charge < -0.3 is 10.2 Å². The van der Waals surface area contributed by atoms with E-state index in [-0.39, 0.29) is 17.4 Å². The largest absolute Gasteiger partial charge is 0.344 e. The lowest BCUT2D eigenvalue weighted by Crippen LogP contribution is -2.33. The molecule has 6 nitrogen and oxygen atoms in total. The summed E-state index contributed by atoms with van der Waals surface area (Å²) in [6.45, 7) is 0.261. The van der Waals surface area contributed by atoms with E-state index in [0.717, 1.165) is 6.07 Å². The minimum absolute atomic E-state index is 0.208. The molecule has 1 saturated heterocycles. The number of carbonyl (C=O) groups is 2. The first-order chi connectivity index (χ1) is 12.2. The van der Waals surface area contributed by atoms with Gasteiger partial charge >= 0.3 is 0 Å². The number of likely N-dealkylation sites (N-methyl/N-ethyl adjacent to an activating group) is 1. The highest BCUT2D eigenvalue weighted by atomic mass is 79.9. The van der Waals surface area contributed by atoms with Crippen molar-refractivity contribution < 1.29 is 18.4 Å².